The first-order valence-electron chi connectivity index (χ1n) is 8.26. The van der Waals surface area contributed by atoms with E-state index < -0.39 is 0 Å². The first kappa shape index (κ1) is 18.3. The van der Waals surface area contributed by atoms with E-state index in [1.54, 1.807) is 17.4 Å². The van der Waals surface area contributed by atoms with Gasteiger partial charge in [-0.1, -0.05) is 17.7 Å². The molecule has 4 rings (SSSR count). The lowest BCUT2D eigenvalue weighted by Crippen LogP contribution is -2.17. The number of nitrogens with one attached hydrogen (secondary N) is 1. The molecule has 0 saturated heterocycles. The minimum atomic E-state index is -0.118. The summed E-state index contributed by atoms with van der Waals surface area (Å²) in [5.74, 6) is 0.959. The van der Waals surface area contributed by atoms with Crippen LogP contribution in [-0.4, -0.2) is 16.0 Å². The highest BCUT2D eigenvalue weighted by Gasteiger charge is 2.24. The first-order valence-corrected chi connectivity index (χ1v) is 9.90. The number of furan rings is 1. The molecule has 0 radical (unpaired) electrons. The van der Waals surface area contributed by atoms with Crippen LogP contribution in [0.25, 0.3) is 22.6 Å². The molecule has 0 fully saturated rings. The molecule has 0 bridgehead atoms. The molecule has 0 aliphatic carbocycles. The van der Waals surface area contributed by atoms with Gasteiger partial charge in [-0.05, 0) is 30.0 Å². The van der Waals surface area contributed by atoms with E-state index in [2.05, 4.69) is 21.4 Å². The summed E-state index contributed by atoms with van der Waals surface area (Å²) in [7, 11) is 0. The van der Waals surface area contributed by atoms with Crippen LogP contribution in [0, 0.1) is 0 Å². The number of fused-ring (bicyclic) bond motifs is 1. The molecule has 4 aromatic rings. The van der Waals surface area contributed by atoms with Crippen molar-refractivity contribution in [2.24, 2.45) is 5.73 Å². The van der Waals surface area contributed by atoms with Gasteiger partial charge in [0.25, 0.3) is 0 Å². The summed E-state index contributed by atoms with van der Waals surface area (Å²) in [5, 5.41) is 5.92. The van der Waals surface area contributed by atoms with Crippen molar-refractivity contribution in [1.82, 2.24) is 9.97 Å². The number of rotatable bonds is 6. The van der Waals surface area contributed by atoms with Crippen molar-refractivity contribution in [1.29, 1.82) is 0 Å². The van der Waals surface area contributed by atoms with Crippen molar-refractivity contribution in [2.75, 3.05) is 5.32 Å². The van der Waals surface area contributed by atoms with Crippen LogP contribution < -0.4 is 11.1 Å². The quantitative estimate of drug-likeness (QED) is 0.406. The molecule has 0 unspecified atom stereocenters. The SMILES string of the molecule is C[C@H](N)Cc1oc2c(NCc3cccs3)cc(Cl)nc2c1-c1ncc(Cl)o1. The lowest BCUT2D eigenvalue weighted by Gasteiger charge is -2.06. The third kappa shape index (κ3) is 3.82. The Hall–Kier alpha value is -2.06. The van der Waals surface area contributed by atoms with E-state index in [0.717, 1.165) is 5.69 Å². The van der Waals surface area contributed by atoms with Gasteiger partial charge in [-0.3, -0.25) is 0 Å². The molecule has 1 atom stereocenters. The number of thiophene rings is 1. The average Bonchev–Trinajstić information content (AvgIpc) is 3.32. The summed E-state index contributed by atoms with van der Waals surface area (Å²) in [6, 6.07) is 5.69. The van der Waals surface area contributed by atoms with Crippen LogP contribution in [0.15, 0.2) is 38.6 Å². The van der Waals surface area contributed by atoms with Gasteiger partial charge in [0.2, 0.25) is 11.1 Å². The van der Waals surface area contributed by atoms with Gasteiger partial charge in [0.1, 0.15) is 22.0 Å². The zero-order valence-electron chi connectivity index (χ0n) is 14.3. The second-order valence-electron chi connectivity index (χ2n) is 6.15. The number of halogens is 2. The molecule has 0 aliphatic heterocycles. The number of oxazole rings is 1. The minimum absolute atomic E-state index is 0.118. The second kappa shape index (κ2) is 7.52. The maximum Gasteiger partial charge on any atom is 0.233 e. The molecule has 4 aromatic heterocycles. The number of pyridine rings is 1. The van der Waals surface area contributed by atoms with Crippen LogP contribution in [0.1, 0.15) is 17.6 Å². The second-order valence-corrected chi connectivity index (χ2v) is 7.95. The topological polar surface area (TPSA) is 90.1 Å². The standard InChI is InChI=1S/C18H16Cl2N4O2S/c1-9(21)5-12-15(18-23-8-14(20)26-18)16-17(25-12)11(6-13(19)24-16)22-7-10-3-2-4-27-10/h2-4,6,8-9H,5,7,21H2,1H3,(H,22,24)/t9-/m0/s1. The Morgan fingerprint density at radius 2 is 2.19 bits per heavy atom. The molecule has 0 aliphatic rings. The monoisotopic (exact) mass is 422 g/mol. The van der Waals surface area contributed by atoms with E-state index in [4.69, 9.17) is 37.8 Å². The highest BCUT2D eigenvalue weighted by Crippen LogP contribution is 2.39. The Morgan fingerprint density at radius 3 is 2.85 bits per heavy atom. The molecular weight excluding hydrogens is 407 g/mol. The molecule has 4 heterocycles. The van der Waals surface area contributed by atoms with Gasteiger partial charge in [-0.25, -0.2) is 9.97 Å². The molecule has 0 amide bonds. The summed E-state index contributed by atoms with van der Waals surface area (Å²) in [6.45, 7) is 2.55. The summed E-state index contributed by atoms with van der Waals surface area (Å²) in [6.07, 6.45) is 1.93. The Morgan fingerprint density at radius 1 is 1.33 bits per heavy atom. The van der Waals surface area contributed by atoms with Gasteiger partial charge < -0.3 is 19.9 Å². The number of aromatic nitrogens is 2. The van der Waals surface area contributed by atoms with Crippen molar-refractivity contribution >= 4 is 51.3 Å². The Balaban J connectivity index is 1.84. The fourth-order valence-electron chi connectivity index (χ4n) is 2.83. The fraction of sp³-hybridized carbons (Fsp3) is 0.222. The van der Waals surface area contributed by atoms with Gasteiger partial charge in [-0.2, -0.15) is 0 Å². The number of hydrogen-bond acceptors (Lipinski definition) is 7. The molecule has 0 aromatic carbocycles. The molecule has 27 heavy (non-hydrogen) atoms. The van der Waals surface area contributed by atoms with Crippen LogP contribution in [0.5, 0.6) is 0 Å². The smallest absolute Gasteiger partial charge is 0.233 e. The summed E-state index contributed by atoms with van der Waals surface area (Å²) >= 11 is 13.9. The maximum absolute atomic E-state index is 6.27. The van der Waals surface area contributed by atoms with Gasteiger partial charge in [0.05, 0.1) is 11.9 Å². The van der Waals surface area contributed by atoms with Crippen LogP contribution >= 0.6 is 34.5 Å². The van der Waals surface area contributed by atoms with Gasteiger partial charge in [0.15, 0.2) is 5.58 Å². The Kier molecular flexibility index (Phi) is 5.10. The van der Waals surface area contributed by atoms with Crippen molar-refractivity contribution in [3.8, 4) is 11.5 Å². The summed E-state index contributed by atoms with van der Waals surface area (Å²) in [4.78, 5) is 9.86. The van der Waals surface area contributed by atoms with Crippen molar-refractivity contribution in [2.45, 2.75) is 25.9 Å². The van der Waals surface area contributed by atoms with Crippen LogP contribution in [-0.2, 0) is 13.0 Å². The predicted molar refractivity (Wildman–Crippen MR) is 109 cm³/mol. The largest absolute Gasteiger partial charge is 0.456 e. The van der Waals surface area contributed by atoms with E-state index >= 15 is 0 Å². The summed E-state index contributed by atoms with van der Waals surface area (Å²) < 4.78 is 11.6. The van der Waals surface area contributed by atoms with Crippen LogP contribution in [0.3, 0.4) is 0 Å². The zero-order chi connectivity index (χ0) is 19.0. The molecule has 0 spiro atoms. The maximum atomic E-state index is 6.27. The van der Waals surface area contributed by atoms with Crippen LogP contribution in [0.4, 0.5) is 5.69 Å². The third-order valence-corrected chi connectivity index (χ3v) is 5.16. The third-order valence-electron chi connectivity index (χ3n) is 3.91. The van der Waals surface area contributed by atoms with Gasteiger partial charge >= 0.3 is 0 Å². The molecule has 6 nitrogen and oxygen atoms in total. The minimum Gasteiger partial charge on any atom is -0.456 e. The van der Waals surface area contributed by atoms with E-state index in [1.807, 2.05) is 18.4 Å². The highest BCUT2D eigenvalue weighted by atomic mass is 35.5. The zero-order valence-corrected chi connectivity index (χ0v) is 16.7. The van der Waals surface area contributed by atoms with Crippen molar-refractivity contribution in [3.63, 3.8) is 0 Å². The lowest BCUT2D eigenvalue weighted by molar-refractivity contribution is 0.520. The van der Waals surface area contributed by atoms with Crippen molar-refractivity contribution < 1.29 is 8.83 Å². The normalized spacial score (nSPS) is 12.6. The first-order chi connectivity index (χ1) is 13.0. The Labute approximate surface area is 169 Å². The molecule has 0 saturated carbocycles. The molecular formula is C18H16Cl2N4O2S. The highest BCUT2D eigenvalue weighted by molar-refractivity contribution is 7.09. The van der Waals surface area contributed by atoms with E-state index in [1.165, 1.54) is 11.1 Å². The summed E-state index contributed by atoms with van der Waals surface area (Å²) in [5.41, 5.74) is 8.50. The number of nitrogens with two attached hydrogens (primary N) is 1. The number of nitrogens with zero attached hydrogens (tertiary/aromatic N) is 2. The van der Waals surface area contributed by atoms with E-state index in [-0.39, 0.29) is 11.3 Å². The van der Waals surface area contributed by atoms with E-state index in [9.17, 15) is 0 Å². The van der Waals surface area contributed by atoms with Gasteiger partial charge in [0, 0.05) is 30.0 Å². The van der Waals surface area contributed by atoms with Gasteiger partial charge in [-0.15, -0.1) is 11.3 Å². The number of anilines is 1. The van der Waals surface area contributed by atoms with Crippen LogP contribution in [0.2, 0.25) is 10.4 Å². The number of hydrogen-bond donors (Lipinski definition) is 2. The molecule has 9 heteroatoms. The lowest BCUT2D eigenvalue weighted by atomic mass is 10.1. The average molecular weight is 423 g/mol. The Bertz CT molecular complexity index is 1070. The molecule has 3 N–H and O–H groups in total. The fourth-order valence-corrected chi connectivity index (χ4v) is 3.79. The van der Waals surface area contributed by atoms with Crippen molar-refractivity contribution in [3.05, 3.63) is 50.8 Å². The molecule has 140 valence electrons. The van der Waals surface area contributed by atoms with E-state index in [0.29, 0.717) is 46.4 Å². The predicted octanol–water partition coefficient (Wildman–Crippen LogP) is 5.35.